The van der Waals surface area contributed by atoms with E-state index in [1.54, 1.807) is 13.3 Å². The summed E-state index contributed by atoms with van der Waals surface area (Å²) >= 11 is 0. The van der Waals surface area contributed by atoms with Crippen molar-refractivity contribution in [1.29, 1.82) is 0 Å². The van der Waals surface area contributed by atoms with Gasteiger partial charge in [-0.25, -0.2) is 0 Å². The molecule has 0 aliphatic heterocycles. The summed E-state index contributed by atoms with van der Waals surface area (Å²) in [5.41, 5.74) is 0. The Bertz CT molecular complexity index is 404. The lowest BCUT2D eigenvalue weighted by molar-refractivity contribution is 0.0574. The molecular formula is C16H28IN3O2. The second-order valence-electron chi connectivity index (χ2n) is 5.39. The summed E-state index contributed by atoms with van der Waals surface area (Å²) in [5.74, 6) is 1.82. The van der Waals surface area contributed by atoms with Gasteiger partial charge in [-0.2, -0.15) is 0 Å². The van der Waals surface area contributed by atoms with Crippen molar-refractivity contribution in [1.82, 2.24) is 10.6 Å². The van der Waals surface area contributed by atoms with E-state index in [4.69, 9.17) is 9.15 Å². The highest BCUT2D eigenvalue weighted by Gasteiger charge is 2.14. The molecule has 1 saturated carbocycles. The minimum atomic E-state index is 0. The summed E-state index contributed by atoms with van der Waals surface area (Å²) < 4.78 is 11.1. The van der Waals surface area contributed by atoms with Crippen molar-refractivity contribution in [3.63, 3.8) is 0 Å². The molecule has 0 saturated heterocycles. The fraction of sp³-hybridized carbons (Fsp3) is 0.688. The molecule has 6 heteroatoms. The van der Waals surface area contributed by atoms with Crippen LogP contribution >= 0.6 is 24.0 Å². The van der Waals surface area contributed by atoms with E-state index in [0.29, 0.717) is 6.10 Å². The van der Waals surface area contributed by atoms with Crippen LogP contribution in [-0.2, 0) is 11.2 Å². The first-order chi connectivity index (χ1) is 10.4. The van der Waals surface area contributed by atoms with E-state index in [-0.39, 0.29) is 24.0 Å². The average Bonchev–Trinajstić information content (AvgIpc) is 3.18. The van der Waals surface area contributed by atoms with E-state index in [1.807, 2.05) is 12.1 Å². The number of rotatable bonds is 8. The monoisotopic (exact) mass is 421 g/mol. The molecule has 0 aromatic carbocycles. The van der Waals surface area contributed by atoms with E-state index in [9.17, 15) is 0 Å². The molecule has 0 bridgehead atoms. The fourth-order valence-electron chi connectivity index (χ4n) is 2.56. The van der Waals surface area contributed by atoms with Crippen LogP contribution in [0, 0.1) is 0 Å². The van der Waals surface area contributed by atoms with Crippen molar-refractivity contribution in [3.8, 4) is 0 Å². The summed E-state index contributed by atoms with van der Waals surface area (Å²) in [6.07, 6.45) is 9.22. The minimum Gasteiger partial charge on any atom is -0.469 e. The van der Waals surface area contributed by atoms with Crippen LogP contribution in [0.4, 0.5) is 0 Å². The Labute approximate surface area is 150 Å². The third-order valence-corrected chi connectivity index (χ3v) is 3.74. The zero-order valence-corrected chi connectivity index (χ0v) is 15.7. The fourth-order valence-corrected chi connectivity index (χ4v) is 2.56. The van der Waals surface area contributed by atoms with Crippen LogP contribution in [0.3, 0.4) is 0 Å². The number of hydrogen-bond acceptors (Lipinski definition) is 3. The lowest BCUT2D eigenvalue weighted by Gasteiger charge is -2.13. The summed E-state index contributed by atoms with van der Waals surface area (Å²) in [7, 11) is 1.79. The Balaban J connectivity index is 0.00000242. The molecule has 1 aliphatic rings. The van der Waals surface area contributed by atoms with Crippen molar-refractivity contribution in [2.45, 2.75) is 44.6 Å². The number of nitrogens with zero attached hydrogens (tertiary/aromatic N) is 1. The lowest BCUT2D eigenvalue weighted by Crippen LogP contribution is -2.39. The highest BCUT2D eigenvalue weighted by molar-refractivity contribution is 14.0. The van der Waals surface area contributed by atoms with Crippen LogP contribution in [0.2, 0.25) is 0 Å². The molecule has 1 aliphatic carbocycles. The van der Waals surface area contributed by atoms with Gasteiger partial charge in [0.05, 0.1) is 12.4 Å². The van der Waals surface area contributed by atoms with Crippen LogP contribution in [0.5, 0.6) is 0 Å². The molecule has 2 N–H and O–H groups in total. The van der Waals surface area contributed by atoms with Gasteiger partial charge in [-0.3, -0.25) is 4.99 Å². The average molecular weight is 421 g/mol. The number of aliphatic imine (C=N–C) groups is 1. The van der Waals surface area contributed by atoms with Crippen LogP contribution in [0.1, 0.15) is 37.9 Å². The van der Waals surface area contributed by atoms with Crippen LogP contribution in [0.25, 0.3) is 0 Å². The maximum Gasteiger partial charge on any atom is 0.190 e. The molecule has 1 heterocycles. The van der Waals surface area contributed by atoms with E-state index >= 15 is 0 Å². The number of guanidine groups is 1. The normalized spacial score (nSPS) is 15.6. The molecule has 0 atom stereocenters. The smallest absolute Gasteiger partial charge is 0.190 e. The Morgan fingerprint density at radius 3 is 2.77 bits per heavy atom. The summed E-state index contributed by atoms with van der Waals surface area (Å²) in [4.78, 5) is 4.20. The van der Waals surface area contributed by atoms with Crippen molar-refractivity contribution in [3.05, 3.63) is 24.2 Å². The standard InChI is InChI=1S/C16H27N3O2.HI/c1-17-16(19-11-9-15-8-4-12-20-15)18-10-5-13-21-14-6-2-3-7-14;/h4,8,12,14H,2-3,5-7,9-11,13H2,1H3,(H2,17,18,19);1H. The van der Waals surface area contributed by atoms with Gasteiger partial charge in [-0.15, -0.1) is 24.0 Å². The third kappa shape index (κ3) is 7.49. The maximum absolute atomic E-state index is 5.84. The first-order valence-corrected chi connectivity index (χ1v) is 7.97. The summed E-state index contributed by atoms with van der Waals surface area (Å²) in [6.45, 7) is 2.53. The zero-order valence-electron chi connectivity index (χ0n) is 13.3. The Kier molecular flexibility index (Phi) is 10.3. The molecule has 1 fully saturated rings. The Hall–Kier alpha value is -0.760. The number of hydrogen-bond donors (Lipinski definition) is 2. The molecule has 0 spiro atoms. The predicted octanol–water partition coefficient (Wildman–Crippen LogP) is 2.95. The van der Waals surface area contributed by atoms with E-state index < -0.39 is 0 Å². The molecule has 2 rings (SSSR count). The molecule has 1 aromatic rings. The Morgan fingerprint density at radius 2 is 2.09 bits per heavy atom. The van der Waals surface area contributed by atoms with E-state index in [1.165, 1.54) is 25.7 Å². The molecule has 0 unspecified atom stereocenters. The molecule has 0 amide bonds. The summed E-state index contributed by atoms with van der Waals surface area (Å²) in [5, 5.41) is 6.58. The van der Waals surface area contributed by atoms with Crippen LogP contribution in [0.15, 0.2) is 27.8 Å². The summed E-state index contributed by atoms with van der Waals surface area (Å²) in [6, 6.07) is 3.89. The molecule has 126 valence electrons. The lowest BCUT2D eigenvalue weighted by atomic mass is 10.3. The SMILES string of the molecule is CN=C(NCCCOC1CCCC1)NCCc1ccco1.I. The van der Waals surface area contributed by atoms with Crippen LogP contribution in [-0.4, -0.2) is 38.8 Å². The van der Waals surface area contributed by atoms with Crippen LogP contribution < -0.4 is 10.6 Å². The maximum atomic E-state index is 5.84. The van der Waals surface area contributed by atoms with Gasteiger partial charge in [0.25, 0.3) is 0 Å². The van der Waals surface area contributed by atoms with E-state index in [2.05, 4.69) is 15.6 Å². The molecule has 22 heavy (non-hydrogen) atoms. The minimum absolute atomic E-state index is 0. The highest BCUT2D eigenvalue weighted by atomic mass is 127. The van der Waals surface area contributed by atoms with E-state index in [0.717, 1.165) is 44.3 Å². The van der Waals surface area contributed by atoms with Crippen molar-refractivity contribution < 1.29 is 9.15 Å². The highest BCUT2D eigenvalue weighted by Crippen LogP contribution is 2.20. The first-order valence-electron chi connectivity index (χ1n) is 7.97. The molecular weight excluding hydrogens is 393 g/mol. The van der Waals surface area contributed by atoms with Gasteiger partial charge in [0.1, 0.15) is 5.76 Å². The number of halogens is 1. The number of furan rings is 1. The topological polar surface area (TPSA) is 58.8 Å². The quantitative estimate of drug-likeness (QED) is 0.293. The van der Waals surface area contributed by atoms with Gasteiger partial charge in [0.15, 0.2) is 5.96 Å². The number of nitrogens with one attached hydrogen (secondary N) is 2. The predicted molar refractivity (Wildman–Crippen MR) is 100 cm³/mol. The van der Waals surface area contributed by atoms with Gasteiger partial charge >= 0.3 is 0 Å². The second-order valence-corrected chi connectivity index (χ2v) is 5.39. The number of ether oxygens (including phenoxy) is 1. The van der Waals surface area contributed by atoms with Crippen molar-refractivity contribution in [2.24, 2.45) is 4.99 Å². The Morgan fingerprint density at radius 1 is 1.32 bits per heavy atom. The zero-order chi connectivity index (χ0) is 14.8. The van der Waals surface area contributed by atoms with Crippen molar-refractivity contribution in [2.75, 3.05) is 26.7 Å². The molecule has 5 nitrogen and oxygen atoms in total. The van der Waals surface area contributed by atoms with Gasteiger partial charge in [-0.1, -0.05) is 12.8 Å². The molecule has 1 aromatic heterocycles. The van der Waals surface area contributed by atoms with Gasteiger partial charge < -0.3 is 19.8 Å². The first kappa shape index (κ1) is 19.3. The van der Waals surface area contributed by atoms with Gasteiger partial charge in [-0.05, 0) is 31.4 Å². The second kappa shape index (κ2) is 11.8. The third-order valence-electron chi connectivity index (χ3n) is 3.74. The largest absolute Gasteiger partial charge is 0.469 e. The van der Waals surface area contributed by atoms with Gasteiger partial charge in [0.2, 0.25) is 0 Å². The van der Waals surface area contributed by atoms with Crippen molar-refractivity contribution >= 4 is 29.9 Å². The van der Waals surface area contributed by atoms with Gasteiger partial charge in [0, 0.05) is 33.2 Å². The molecule has 0 radical (unpaired) electrons.